The number of hydrogen-bond donors (Lipinski definition) is 1. The van der Waals surface area contributed by atoms with Gasteiger partial charge in [0, 0.05) is 19.1 Å². The standard InChI is InChI=1S/C12H21N3O2/c1-9(2)13-8-11-14-12(17-15-11)6-5-10-4-3-7-16-10/h9-10,13H,3-8H2,1-2H3. The van der Waals surface area contributed by atoms with Crippen LogP contribution in [0.3, 0.4) is 0 Å². The Morgan fingerprint density at radius 2 is 2.35 bits per heavy atom. The largest absolute Gasteiger partial charge is 0.378 e. The van der Waals surface area contributed by atoms with Crippen molar-refractivity contribution in [2.75, 3.05) is 6.61 Å². The Morgan fingerprint density at radius 1 is 1.47 bits per heavy atom. The molecule has 0 aliphatic carbocycles. The second-order valence-corrected chi connectivity index (χ2v) is 4.81. The monoisotopic (exact) mass is 239 g/mol. The number of aromatic nitrogens is 2. The highest BCUT2D eigenvalue weighted by atomic mass is 16.5. The van der Waals surface area contributed by atoms with E-state index in [1.54, 1.807) is 0 Å². The lowest BCUT2D eigenvalue weighted by molar-refractivity contribution is 0.102. The van der Waals surface area contributed by atoms with E-state index in [1.165, 1.54) is 6.42 Å². The molecule has 17 heavy (non-hydrogen) atoms. The van der Waals surface area contributed by atoms with E-state index in [0.717, 1.165) is 37.6 Å². The van der Waals surface area contributed by atoms with Gasteiger partial charge in [-0.25, -0.2) is 0 Å². The van der Waals surface area contributed by atoms with Crippen molar-refractivity contribution < 1.29 is 9.26 Å². The zero-order chi connectivity index (χ0) is 12.1. The summed E-state index contributed by atoms with van der Waals surface area (Å²) in [5.41, 5.74) is 0. The maximum absolute atomic E-state index is 5.56. The van der Waals surface area contributed by atoms with Crippen molar-refractivity contribution in [3.63, 3.8) is 0 Å². The van der Waals surface area contributed by atoms with Crippen LogP contribution < -0.4 is 5.32 Å². The average molecular weight is 239 g/mol. The third-order valence-electron chi connectivity index (χ3n) is 2.88. The highest BCUT2D eigenvalue weighted by Gasteiger charge is 2.16. The fourth-order valence-corrected chi connectivity index (χ4v) is 1.92. The van der Waals surface area contributed by atoms with Crippen LogP contribution in [0.4, 0.5) is 0 Å². The molecule has 1 aromatic rings. The number of nitrogens with one attached hydrogen (secondary N) is 1. The molecule has 0 spiro atoms. The average Bonchev–Trinajstić information content (AvgIpc) is 2.95. The molecule has 1 aliphatic rings. The lowest BCUT2D eigenvalue weighted by Gasteiger charge is -2.05. The zero-order valence-electron chi connectivity index (χ0n) is 10.6. The Hall–Kier alpha value is -0.940. The smallest absolute Gasteiger partial charge is 0.226 e. The van der Waals surface area contributed by atoms with Crippen LogP contribution in [-0.2, 0) is 17.7 Å². The first kappa shape index (κ1) is 12.5. The van der Waals surface area contributed by atoms with Crippen molar-refractivity contribution in [3.8, 4) is 0 Å². The van der Waals surface area contributed by atoms with Crippen LogP contribution in [0.1, 0.15) is 44.8 Å². The van der Waals surface area contributed by atoms with Crippen LogP contribution in [-0.4, -0.2) is 28.9 Å². The van der Waals surface area contributed by atoms with Crippen LogP contribution >= 0.6 is 0 Å². The molecule has 2 heterocycles. The first-order valence-corrected chi connectivity index (χ1v) is 6.40. The number of rotatable bonds is 6. The number of hydrogen-bond acceptors (Lipinski definition) is 5. The van der Waals surface area contributed by atoms with Gasteiger partial charge in [0.2, 0.25) is 5.89 Å². The minimum atomic E-state index is 0.388. The molecule has 1 fully saturated rings. The predicted molar refractivity (Wildman–Crippen MR) is 63.6 cm³/mol. The van der Waals surface area contributed by atoms with E-state index in [0.29, 0.717) is 18.7 Å². The van der Waals surface area contributed by atoms with Crippen molar-refractivity contribution in [2.24, 2.45) is 0 Å². The molecule has 2 rings (SSSR count). The van der Waals surface area contributed by atoms with Gasteiger partial charge in [-0.05, 0) is 19.3 Å². The van der Waals surface area contributed by atoms with Crippen molar-refractivity contribution in [1.82, 2.24) is 15.5 Å². The third-order valence-corrected chi connectivity index (χ3v) is 2.88. The van der Waals surface area contributed by atoms with E-state index in [-0.39, 0.29) is 0 Å². The SMILES string of the molecule is CC(C)NCc1noc(CCC2CCCO2)n1. The van der Waals surface area contributed by atoms with Crippen LogP contribution in [0.25, 0.3) is 0 Å². The summed E-state index contributed by atoms with van der Waals surface area (Å²) in [4.78, 5) is 4.35. The molecule has 1 saturated heterocycles. The first-order chi connectivity index (χ1) is 8.24. The van der Waals surface area contributed by atoms with E-state index >= 15 is 0 Å². The van der Waals surface area contributed by atoms with Gasteiger partial charge in [0.05, 0.1) is 12.6 Å². The molecule has 1 aliphatic heterocycles. The molecule has 0 radical (unpaired) electrons. The Kier molecular flexibility index (Phi) is 4.50. The van der Waals surface area contributed by atoms with Crippen LogP contribution in [0, 0.1) is 0 Å². The summed E-state index contributed by atoms with van der Waals surface area (Å²) in [5.74, 6) is 1.46. The fourth-order valence-electron chi connectivity index (χ4n) is 1.92. The van der Waals surface area contributed by atoms with E-state index in [4.69, 9.17) is 9.26 Å². The summed E-state index contributed by atoms with van der Waals surface area (Å²) < 4.78 is 10.8. The minimum Gasteiger partial charge on any atom is -0.378 e. The first-order valence-electron chi connectivity index (χ1n) is 6.40. The maximum Gasteiger partial charge on any atom is 0.226 e. The van der Waals surface area contributed by atoms with Gasteiger partial charge in [0.15, 0.2) is 5.82 Å². The van der Waals surface area contributed by atoms with Gasteiger partial charge in [-0.1, -0.05) is 19.0 Å². The third kappa shape index (κ3) is 4.09. The van der Waals surface area contributed by atoms with Crippen LogP contribution in [0.5, 0.6) is 0 Å². The van der Waals surface area contributed by atoms with Gasteiger partial charge in [0.25, 0.3) is 0 Å². The van der Waals surface area contributed by atoms with Crippen molar-refractivity contribution in [1.29, 1.82) is 0 Å². The topological polar surface area (TPSA) is 60.2 Å². The summed E-state index contributed by atoms with van der Waals surface area (Å²) >= 11 is 0. The zero-order valence-corrected chi connectivity index (χ0v) is 10.6. The predicted octanol–water partition coefficient (Wildman–Crippen LogP) is 1.68. The molecule has 5 heteroatoms. The highest BCUT2D eigenvalue weighted by molar-refractivity contribution is 4.87. The Labute approximate surface area is 102 Å². The fraction of sp³-hybridized carbons (Fsp3) is 0.833. The van der Waals surface area contributed by atoms with E-state index in [2.05, 4.69) is 29.3 Å². The van der Waals surface area contributed by atoms with Gasteiger partial charge < -0.3 is 14.6 Å². The molecule has 0 saturated carbocycles. The molecule has 0 amide bonds. The molecule has 1 N–H and O–H groups in total. The Bertz CT molecular complexity index is 332. The normalized spacial score (nSPS) is 20.3. The minimum absolute atomic E-state index is 0.388. The van der Waals surface area contributed by atoms with E-state index in [9.17, 15) is 0 Å². The number of ether oxygens (including phenoxy) is 1. The van der Waals surface area contributed by atoms with E-state index < -0.39 is 0 Å². The molecule has 96 valence electrons. The molecular weight excluding hydrogens is 218 g/mol. The lowest BCUT2D eigenvalue weighted by atomic mass is 10.1. The summed E-state index contributed by atoms with van der Waals surface area (Å²) in [5, 5.41) is 7.21. The van der Waals surface area contributed by atoms with Crippen molar-refractivity contribution >= 4 is 0 Å². The van der Waals surface area contributed by atoms with Gasteiger partial charge in [-0.15, -0.1) is 0 Å². The van der Waals surface area contributed by atoms with Crippen molar-refractivity contribution in [2.45, 2.75) is 58.2 Å². The lowest BCUT2D eigenvalue weighted by Crippen LogP contribution is -2.22. The summed E-state index contributed by atoms with van der Waals surface area (Å²) in [6.45, 7) is 5.76. The summed E-state index contributed by atoms with van der Waals surface area (Å²) in [7, 11) is 0. The number of aryl methyl sites for hydroxylation is 1. The van der Waals surface area contributed by atoms with Gasteiger partial charge in [-0.3, -0.25) is 0 Å². The number of nitrogens with zero attached hydrogens (tertiary/aromatic N) is 2. The summed E-state index contributed by atoms with van der Waals surface area (Å²) in [6.07, 6.45) is 4.53. The molecule has 1 unspecified atom stereocenters. The molecule has 1 atom stereocenters. The van der Waals surface area contributed by atoms with Crippen molar-refractivity contribution in [3.05, 3.63) is 11.7 Å². The van der Waals surface area contributed by atoms with Gasteiger partial charge >= 0.3 is 0 Å². The maximum atomic E-state index is 5.56. The quantitative estimate of drug-likeness (QED) is 0.818. The van der Waals surface area contributed by atoms with Gasteiger partial charge in [-0.2, -0.15) is 4.98 Å². The van der Waals surface area contributed by atoms with Gasteiger partial charge in [0.1, 0.15) is 0 Å². The van der Waals surface area contributed by atoms with Crippen LogP contribution in [0.15, 0.2) is 4.52 Å². The molecule has 0 aromatic carbocycles. The second-order valence-electron chi connectivity index (χ2n) is 4.81. The molecule has 1 aromatic heterocycles. The Balaban J connectivity index is 1.73. The van der Waals surface area contributed by atoms with Crippen LogP contribution in [0.2, 0.25) is 0 Å². The molecular formula is C12H21N3O2. The summed E-state index contributed by atoms with van der Waals surface area (Å²) in [6, 6.07) is 0.434. The molecule has 5 nitrogen and oxygen atoms in total. The Morgan fingerprint density at radius 3 is 3.06 bits per heavy atom. The van der Waals surface area contributed by atoms with E-state index in [1.807, 2.05) is 0 Å². The molecule has 0 bridgehead atoms. The second kappa shape index (κ2) is 6.12. The highest BCUT2D eigenvalue weighted by Crippen LogP contribution is 2.17.